The van der Waals surface area contributed by atoms with Crippen LogP contribution in [0.5, 0.6) is 5.75 Å². The predicted octanol–water partition coefficient (Wildman–Crippen LogP) is 8.78. The smallest absolute Gasteiger partial charge is 0.0134 e. The number of hydrogen-bond acceptors (Lipinski definition) is 7. The second kappa shape index (κ2) is 26.5. The molecule has 0 unspecified atom stereocenters. The van der Waals surface area contributed by atoms with E-state index in [9.17, 15) is 20.4 Å². The number of nitrogens with zero attached hydrogens (tertiary/aromatic N) is 1. The minimum Gasteiger partial charge on any atom is -0.0622 e. The molecule has 7 aromatic rings. The molecule has 68 heavy (non-hydrogen) atoms. The molecule has 11 heteroatoms. The second-order valence-electron chi connectivity index (χ2n) is 18.1. The summed E-state index contributed by atoms with van der Waals surface area (Å²) < 4.78 is 5.12. The van der Waals surface area contributed by atoms with Crippen LogP contribution < -0.4 is 31.8 Å². The molecule has 1 aliphatic rings. The van der Waals surface area contributed by atoms with Crippen molar-refractivity contribution in [1.82, 2.24) is 0 Å². The average molecular weight is 1060 g/mol. The quantitative estimate of drug-likeness (QED) is 0.0560. The van der Waals surface area contributed by atoms with Crippen molar-refractivity contribution in [2.75, 3.05) is 6.61 Å². The van der Waals surface area contributed by atoms with Gasteiger partial charge in [-0.25, -0.2) is 0 Å². The first-order valence-corrected chi connectivity index (χ1v) is 27.3. The molecule has 0 aromatic heterocycles. The summed E-state index contributed by atoms with van der Waals surface area (Å²) in [5, 5.41) is 58.7. The van der Waals surface area contributed by atoms with Gasteiger partial charge in [-0.2, -0.15) is 0 Å². The minimum absolute atomic E-state index is 0.0822. The van der Waals surface area contributed by atoms with E-state index in [1.54, 1.807) is 0 Å². The third kappa shape index (κ3) is 15.0. The summed E-state index contributed by atoms with van der Waals surface area (Å²) in [6, 6.07) is 67.3. The summed E-state index contributed by atoms with van der Waals surface area (Å²) in [5.41, 5.74) is 1.77. The molecule has 7 nitrogen and oxygen atoms in total. The van der Waals surface area contributed by atoms with Crippen molar-refractivity contribution < 1.29 is 47.6 Å². The number of benzene rings is 7. The van der Waals surface area contributed by atoms with Crippen molar-refractivity contribution in [2.24, 2.45) is 4.99 Å². The van der Waals surface area contributed by atoms with Crippen molar-refractivity contribution >= 4 is 63.6 Å². The van der Waals surface area contributed by atoms with Gasteiger partial charge in [0.15, 0.2) is 6.29 Å². The van der Waals surface area contributed by atoms with Crippen LogP contribution >= 0.6 is 25.5 Å². The van der Waals surface area contributed by atoms with E-state index in [0.29, 0.717) is 5.56 Å². The minimum atomic E-state index is -1.48. The fourth-order valence-electron chi connectivity index (χ4n) is 7.53. The van der Waals surface area contributed by atoms with E-state index < -0.39 is 53.1 Å². The van der Waals surface area contributed by atoms with Crippen molar-refractivity contribution in [3.8, 4) is 5.75 Å². The molecule has 357 valence electrons. The van der Waals surface area contributed by atoms with Crippen molar-refractivity contribution in [3.05, 3.63) is 211 Å². The van der Waals surface area contributed by atoms with E-state index in [1.165, 1.54) is 38.0 Å². The van der Waals surface area contributed by atoms with E-state index in [0.717, 1.165) is 11.1 Å². The summed E-state index contributed by atoms with van der Waals surface area (Å²) >= 11 is 1.82. The zero-order chi connectivity index (χ0) is 49.3. The molecule has 1 heterocycles. The SMILES string of the molecule is CC(C)(C)c1cc(C=N[C@@H]2[C@@H](O)[C@@H](O)[C@@H](CO)O[C@H]2O)c(O)c(C(C)(C)C)c1.[Cl][Ru].c1ccc(P(c2ccccc2)c2ccccc2)cc1.c1ccc(P(c2ccccc2)c2ccccc2)cc1. The number of aromatic hydroxyl groups is 1. The summed E-state index contributed by atoms with van der Waals surface area (Å²) in [7, 11) is 3.68. The third-order valence-electron chi connectivity index (χ3n) is 11.2. The molecule has 7 aromatic carbocycles. The Morgan fingerprint density at radius 3 is 1.13 bits per heavy atom. The van der Waals surface area contributed by atoms with E-state index in [-0.39, 0.29) is 16.6 Å². The topological polar surface area (TPSA) is 123 Å². The van der Waals surface area contributed by atoms with Gasteiger partial charge < -0.3 is 30.3 Å². The zero-order valence-electron chi connectivity index (χ0n) is 39.4. The Bertz CT molecular complexity index is 2240. The van der Waals surface area contributed by atoms with E-state index in [2.05, 4.69) is 217 Å². The number of aliphatic hydroxyl groups excluding tert-OH is 4. The first kappa shape index (κ1) is 54.5. The van der Waals surface area contributed by atoms with Crippen molar-refractivity contribution in [2.45, 2.75) is 83.0 Å². The van der Waals surface area contributed by atoms with Gasteiger partial charge in [0.2, 0.25) is 0 Å². The Morgan fingerprint density at radius 1 is 0.529 bits per heavy atom. The number of rotatable bonds is 9. The molecular weight excluding hydrogens is 993 g/mol. The van der Waals surface area contributed by atoms with Gasteiger partial charge in [0.25, 0.3) is 0 Å². The number of ether oxygens (including phenoxy) is 1. The van der Waals surface area contributed by atoms with Crippen LogP contribution in [0.25, 0.3) is 0 Å². The monoisotopic (exact) mass is 1060 g/mol. The van der Waals surface area contributed by atoms with Gasteiger partial charge in [-0.3, -0.25) is 4.99 Å². The molecule has 1 fully saturated rings. The molecular formula is C57H63ClNO6P2Ru. The fourth-order valence-corrected chi connectivity index (χ4v) is 12.1. The van der Waals surface area contributed by atoms with Gasteiger partial charge in [-0.05, 0) is 70.1 Å². The standard InChI is InChI=1S/C21H33NO6.2C18H15P.ClH.Ru/c1-20(2,3)12-7-11(16(24)13(8-12)21(4,5)6)9-22-15-18(26)17(25)14(10-23)28-19(15)27;2*1-4-10-16(11-5-1)19(17-12-6-2-7-13-17)18-14-8-3-9-15-18;;/h7-9,14-15,17-19,23-27H,10H2,1-6H3;2*1-15H;1H;/q;;;;+1/p-1/t14-,15-,17+,18-,19-;;;;/m1..../s1. The Labute approximate surface area is 419 Å². The van der Waals surface area contributed by atoms with Crippen LogP contribution in [0.4, 0.5) is 0 Å². The average Bonchev–Trinajstić information content (AvgIpc) is 3.35. The Balaban J connectivity index is 0.000000192. The van der Waals surface area contributed by atoms with Gasteiger partial charge >= 0.3 is 27.0 Å². The van der Waals surface area contributed by atoms with Crippen LogP contribution in [-0.2, 0) is 32.9 Å². The number of aliphatic imine (C=N–C) groups is 1. The summed E-state index contributed by atoms with van der Waals surface area (Å²) in [6.07, 6.45) is -3.97. The zero-order valence-corrected chi connectivity index (χ0v) is 43.6. The molecule has 1 aliphatic heterocycles. The van der Waals surface area contributed by atoms with Gasteiger partial charge in [-0.1, -0.05) is 230 Å². The van der Waals surface area contributed by atoms with Crippen LogP contribution in [0, 0.1) is 0 Å². The Hall–Kier alpha value is -4.42. The van der Waals surface area contributed by atoms with Gasteiger partial charge in [-0.15, -0.1) is 0 Å². The van der Waals surface area contributed by atoms with Gasteiger partial charge in [0.05, 0.1) is 6.61 Å². The maximum absolute atomic E-state index is 10.8. The van der Waals surface area contributed by atoms with Gasteiger partial charge in [0, 0.05) is 17.3 Å². The van der Waals surface area contributed by atoms with Gasteiger partial charge in [0.1, 0.15) is 30.1 Å². The first-order valence-electron chi connectivity index (χ1n) is 22.4. The van der Waals surface area contributed by atoms with Crippen LogP contribution in [0.2, 0.25) is 0 Å². The number of aliphatic hydroxyl groups is 4. The van der Waals surface area contributed by atoms with Crippen molar-refractivity contribution in [1.29, 1.82) is 0 Å². The first-order chi connectivity index (χ1) is 32.7. The molecule has 0 amide bonds. The molecule has 0 aliphatic carbocycles. The van der Waals surface area contributed by atoms with E-state index in [4.69, 9.17) is 9.84 Å². The van der Waals surface area contributed by atoms with Crippen LogP contribution in [-0.4, -0.2) is 69.0 Å². The molecule has 8 rings (SSSR count). The van der Waals surface area contributed by atoms with E-state index >= 15 is 0 Å². The molecule has 5 N–H and O–H groups in total. The fraction of sp³-hybridized carbons (Fsp3) is 0.246. The van der Waals surface area contributed by atoms with Crippen molar-refractivity contribution in [3.63, 3.8) is 0 Å². The van der Waals surface area contributed by atoms with E-state index in [1.807, 2.05) is 50.2 Å². The molecule has 0 radical (unpaired) electrons. The third-order valence-corrected chi connectivity index (χ3v) is 16.0. The number of phenols is 1. The summed E-state index contributed by atoms with van der Waals surface area (Å²) in [4.78, 5) is 4.19. The van der Waals surface area contributed by atoms with Crippen LogP contribution in [0.1, 0.15) is 58.2 Å². The molecule has 0 bridgehead atoms. The summed E-state index contributed by atoms with van der Waals surface area (Å²) in [5.74, 6) is 0.0822. The normalized spacial score (nSPS) is 18.1. The van der Waals surface area contributed by atoms with Crippen LogP contribution in [0.3, 0.4) is 0 Å². The molecule has 0 spiro atoms. The Morgan fingerprint density at radius 2 is 0.853 bits per heavy atom. The maximum Gasteiger partial charge on any atom is -0.0134 e. The predicted molar refractivity (Wildman–Crippen MR) is 283 cm³/mol. The number of hydrogen-bond donors (Lipinski definition) is 5. The van der Waals surface area contributed by atoms with Crippen LogP contribution in [0.15, 0.2) is 199 Å². The largest absolute Gasteiger partial charge is 0.0622 e. The molecule has 1 saturated heterocycles. The molecule has 0 saturated carbocycles. The molecule has 5 atom stereocenters. The Kier molecular flexibility index (Phi) is 21.3. The number of phenolic OH excluding ortho intramolecular Hbond substituents is 1. The maximum atomic E-state index is 10.8. The summed E-state index contributed by atoms with van der Waals surface area (Å²) in [6.45, 7) is 11.7. The number of halogens is 1. The second-order valence-corrected chi connectivity index (χ2v) is 22.6.